The fourth-order valence-corrected chi connectivity index (χ4v) is 5.22. The number of unbranched alkanes of at least 4 members (excludes halogenated alkanes) is 9. The van der Waals surface area contributed by atoms with Crippen molar-refractivity contribution < 1.29 is 14.2 Å². The van der Waals surface area contributed by atoms with Gasteiger partial charge in [0.2, 0.25) is 0 Å². The monoisotopic (exact) mass is 713 g/mol. The van der Waals surface area contributed by atoms with Gasteiger partial charge < -0.3 is 14.2 Å². The van der Waals surface area contributed by atoms with Crippen molar-refractivity contribution in [3.63, 3.8) is 0 Å². The van der Waals surface area contributed by atoms with Crippen LogP contribution in [0, 0.1) is 0 Å². The number of hydrogen-bond acceptors (Lipinski definition) is 10. The van der Waals surface area contributed by atoms with Gasteiger partial charge in [-0.05, 0) is 55.7 Å². The molecule has 0 aliphatic rings. The highest BCUT2D eigenvalue weighted by molar-refractivity contribution is 5.77. The van der Waals surface area contributed by atoms with E-state index in [9.17, 15) is 0 Å². The smallest absolute Gasteiger partial charge is 0.137 e. The molecule has 10 heteroatoms. The molecule has 0 unspecified atom stereocenters. The Balaban J connectivity index is 1.46. The largest absolute Gasteiger partial charge is 0.492 e. The first-order valence-corrected chi connectivity index (χ1v) is 19.7. The van der Waals surface area contributed by atoms with Crippen LogP contribution in [-0.2, 0) is 0 Å². The van der Waals surface area contributed by atoms with Crippen LogP contribution in [0.15, 0.2) is 70.0 Å². The van der Waals surface area contributed by atoms with Crippen molar-refractivity contribution in [1.29, 1.82) is 0 Å². The maximum absolute atomic E-state index is 5.82. The van der Waals surface area contributed by atoms with Crippen LogP contribution in [-0.4, -0.2) is 97.6 Å². The Hall–Kier alpha value is -4.18. The van der Waals surface area contributed by atoms with Gasteiger partial charge in [0.15, 0.2) is 0 Å². The highest BCUT2D eigenvalue weighted by Gasteiger charge is 2.04. The first-order chi connectivity index (χ1) is 25.7. The van der Waals surface area contributed by atoms with Crippen molar-refractivity contribution in [2.75, 3.05) is 59.1 Å². The Kier molecular flexibility index (Phi) is 23.1. The number of pyridine rings is 3. The normalized spacial score (nSPS) is 11.8. The molecule has 0 aromatic carbocycles. The molecule has 0 N–H and O–H groups in total. The lowest BCUT2D eigenvalue weighted by molar-refractivity contribution is 0.298. The van der Waals surface area contributed by atoms with E-state index < -0.39 is 0 Å². The van der Waals surface area contributed by atoms with E-state index in [1.807, 2.05) is 55.0 Å². The lowest BCUT2D eigenvalue weighted by Gasteiger charge is -2.19. The van der Waals surface area contributed by atoms with Gasteiger partial charge in [-0.2, -0.15) is 0 Å². The molecule has 0 radical (unpaired) electrons. The van der Waals surface area contributed by atoms with E-state index in [-0.39, 0.29) is 0 Å². The fraction of sp³-hybridized carbons (Fsp3) is 0.571. The number of rotatable bonds is 30. The Morgan fingerprint density at radius 3 is 1.06 bits per heavy atom. The average Bonchev–Trinajstić information content (AvgIpc) is 3.17. The van der Waals surface area contributed by atoms with Crippen molar-refractivity contribution in [3.8, 4) is 17.2 Å². The zero-order valence-corrected chi connectivity index (χ0v) is 32.1. The molecule has 0 aliphatic heterocycles. The predicted molar refractivity (Wildman–Crippen MR) is 215 cm³/mol. The lowest BCUT2D eigenvalue weighted by atomic mass is 10.2. The Morgan fingerprint density at radius 2 is 0.788 bits per heavy atom. The molecule has 0 saturated heterocycles. The van der Waals surface area contributed by atoms with Gasteiger partial charge in [0.25, 0.3) is 0 Å². The number of hydrogen-bond donors (Lipinski definition) is 0. The number of aliphatic imine (C=N–C) groups is 3. The van der Waals surface area contributed by atoms with E-state index in [0.717, 1.165) is 93.0 Å². The van der Waals surface area contributed by atoms with E-state index in [0.29, 0.717) is 19.6 Å². The minimum absolute atomic E-state index is 0.647. The quantitative estimate of drug-likeness (QED) is 0.0503. The summed E-state index contributed by atoms with van der Waals surface area (Å²) in [5.74, 6) is 2.40. The molecule has 0 fully saturated rings. The zero-order chi connectivity index (χ0) is 36.7. The number of aromatic nitrogens is 3. The van der Waals surface area contributed by atoms with Gasteiger partial charge in [0.1, 0.15) is 17.2 Å². The van der Waals surface area contributed by atoms with Crippen LogP contribution in [0.2, 0.25) is 0 Å². The van der Waals surface area contributed by atoms with Crippen LogP contribution in [0.5, 0.6) is 17.2 Å². The van der Waals surface area contributed by atoms with E-state index in [1.165, 1.54) is 57.8 Å². The minimum atomic E-state index is 0.647. The van der Waals surface area contributed by atoms with Crippen LogP contribution in [0.3, 0.4) is 0 Å². The summed E-state index contributed by atoms with van der Waals surface area (Å²) in [6.45, 7) is 13.1. The Labute approximate surface area is 313 Å². The highest BCUT2D eigenvalue weighted by atomic mass is 16.5. The molecule has 3 aromatic heterocycles. The van der Waals surface area contributed by atoms with Gasteiger partial charge in [-0.25, -0.2) is 0 Å². The number of ether oxygens (including phenoxy) is 3. The van der Waals surface area contributed by atoms with Crippen LogP contribution < -0.4 is 14.2 Å². The van der Waals surface area contributed by atoms with Gasteiger partial charge >= 0.3 is 0 Å². The molecule has 3 rings (SSSR count). The summed E-state index contributed by atoms with van der Waals surface area (Å²) in [4.78, 5) is 29.8. The third kappa shape index (κ3) is 20.0. The summed E-state index contributed by atoms with van der Waals surface area (Å²) in [6, 6.07) is 11.7. The van der Waals surface area contributed by atoms with Gasteiger partial charge in [-0.15, -0.1) is 0 Å². The SMILES string of the molecule is CCCCCCOc1ccc(C=NCCN(CCN=Cc2ccc(OCCCCCC)cn2)CCN=Cc2ccc(OCCCCCC)cn2)nc1. The van der Waals surface area contributed by atoms with Gasteiger partial charge in [0, 0.05) is 38.3 Å². The molecule has 0 saturated carbocycles. The summed E-state index contributed by atoms with van der Waals surface area (Å²) < 4.78 is 17.5. The zero-order valence-electron chi connectivity index (χ0n) is 32.1. The summed E-state index contributed by atoms with van der Waals surface area (Å²) in [7, 11) is 0. The Morgan fingerprint density at radius 1 is 0.462 bits per heavy atom. The molecule has 0 atom stereocenters. The second-order valence-electron chi connectivity index (χ2n) is 12.9. The summed E-state index contributed by atoms with van der Waals surface area (Å²) >= 11 is 0. The maximum Gasteiger partial charge on any atom is 0.137 e. The first-order valence-electron chi connectivity index (χ1n) is 19.7. The molecule has 0 aliphatic carbocycles. The maximum atomic E-state index is 5.82. The van der Waals surface area contributed by atoms with Crippen LogP contribution >= 0.6 is 0 Å². The van der Waals surface area contributed by atoms with Crippen molar-refractivity contribution >= 4 is 18.6 Å². The van der Waals surface area contributed by atoms with Gasteiger partial charge in [-0.1, -0.05) is 78.6 Å². The molecule has 52 heavy (non-hydrogen) atoms. The van der Waals surface area contributed by atoms with Crippen molar-refractivity contribution in [1.82, 2.24) is 19.9 Å². The molecule has 0 bridgehead atoms. The van der Waals surface area contributed by atoms with Crippen molar-refractivity contribution in [2.45, 2.75) is 97.8 Å². The molecular formula is C42H63N7O3. The fourth-order valence-electron chi connectivity index (χ4n) is 5.22. The van der Waals surface area contributed by atoms with Crippen LogP contribution in [0.25, 0.3) is 0 Å². The molecule has 0 spiro atoms. The van der Waals surface area contributed by atoms with Gasteiger partial charge in [-0.3, -0.25) is 34.8 Å². The lowest BCUT2D eigenvalue weighted by Crippen LogP contribution is -2.31. The third-order valence-electron chi connectivity index (χ3n) is 8.38. The standard InChI is InChI=1S/C42H63N7O3/c1-4-7-10-13-28-50-40-19-16-37(46-34-40)31-43-22-25-49(26-23-44-32-38-17-20-41(35-47-38)51-29-14-11-8-5-2)27-24-45-33-39-18-21-42(36-48-39)52-30-15-12-9-6-3/h16-21,31-36H,4-15,22-30H2,1-3H3. The predicted octanol–water partition coefficient (Wildman–Crippen LogP) is 8.71. The number of nitrogens with zero attached hydrogens (tertiary/aromatic N) is 7. The van der Waals surface area contributed by atoms with Crippen LogP contribution in [0.4, 0.5) is 0 Å². The van der Waals surface area contributed by atoms with E-state index in [2.05, 4.69) is 55.6 Å². The average molecular weight is 714 g/mol. The second kappa shape index (κ2) is 28.4. The van der Waals surface area contributed by atoms with Crippen molar-refractivity contribution in [3.05, 3.63) is 72.1 Å². The summed E-state index contributed by atoms with van der Waals surface area (Å²) in [5.41, 5.74) is 2.46. The van der Waals surface area contributed by atoms with E-state index in [1.54, 1.807) is 18.6 Å². The van der Waals surface area contributed by atoms with Crippen LogP contribution in [0.1, 0.15) is 115 Å². The second-order valence-corrected chi connectivity index (χ2v) is 12.9. The Bertz CT molecular complexity index is 1210. The highest BCUT2D eigenvalue weighted by Crippen LogP contribution is 2.12. The molecule has 3 heterocycles. The van der Waals surface area contributed by atoms with Gasteiger partial charge in [0.05, 0.1) is 75.1 Å². The molecule has 3 aromatic rings. The van der Waals surface area contributed by atoms with Crippen molar-refractivity contribution in [2.24, 2.45) is 15.0 Å². The topological polar surface area (TPSA) is 107 Å². The first kappa shape index (κ1) is 42.2. The molecular weight excluding hydrogens is 651 g/mol. The molecule has 0 amide bonds. The molecule has 10 nitrogen and oxygen atoms in total. The van der Waals surface area contributed by atoms with E-state index in [4.69, 9.17) is 14.2 Å². The molecule has 284 valence electrons. The minimum Gasteiger partial charge on any atom is -0.492 e. The third-order valence-corrected chi connectivity index (χ3v) is 8.38. The summed E-state index contributed by atoms with van der Waals surface area (Å²) in [5, 5.41) is 0. The summed E-state index contributed by atoms with van der Waals surface area (Å²) in [6.07, 6.45) is 25.0. The van der Waals surface area contributed by atoms with E-state index >= 15 is 0 Å².